The fourth-order valence-corrected chi connectivity index (χ4v) is 4.61. The van der Waals surface area contributed by atoms with Crippen LogP contribution in [0.3, 0.4) is 0 Å². The summed E-state index contributed by atoms with van der Waals surface area (Å²) in [7, 11) is -8.86. The molecule has 0 radical (unpaired) electrons. The van der Waals surface area contributed by atoms with E-state index in [9.17, 15) is 36.1 Å². The van der Waals surface area contributed by atoms with E-state index in [0.29, 0.717) is 22.1 Å². The first kappa shape index (κ1) is 22.6. The van der Waals surface area contributed by atoms with Crippen LogP contribution in [0.1, 0.15) is 0 Å². The predicted molar refractivity (Wildman–Crippen MR) is 123 cm³/mol. The zero-order chi connectivity index (χ0) is 25.1. The Morgan fingerprint density at radius 2 is 1.26 bits per heavy atom. The molecule has 0 saturated heterocycles. The van der Waals surface area contributed by atoms with Crippen molar-refractivity contribution < 1.29 is 30.9 Å². The molecule has 2 heterocycles. The summed E-state index contributed by atoms with van der Waals surface area (Å²) < 4.78 is 64.0. The fourth-order valence-electron chi connectivity index (χ4n) is 3.59. The Balaban J connectivity index is 1.60. The maximum Gasteiger partial charge on any atom is 0.294 e. The maximum atomic E-state index is 11.8. The molecule has 5 aromatic rings. The molecule has 0 saturated carbocycles. The van der Waals surface area contributed by atoms with Crippen LogP contribution in [-0.2, 0) is 20.2 Å². The summed E-state index contributed by atoms with van der Waals surface area (Å²) in [6, 6.07) is 11.7. The number of hydrogen-bond acceptors (Lipinski definition) is 8. The summed E-state index contributed by atoms with van der Waals surface area (Å²) in [6.45, 7) is 0. The molecule has 0 fully saturated rings. The molecule has 0 aliphatic carbocycles. The van der Waals surface area contributed by atoms with Crippen molar-refractivity contribution in [3.05, 3.63) is 64.7 Å². The molecule has 15 heteroatoms. The topological polar surface area (TPSA) is 209 Å². The molecule has 0 unspecified atom stereocenters. The van der Waals surface area contributed by atoms with E-state index in [2.05, 4.69) is 19.9 Å². The number of hydrogen-bond donors (Lipinski definition) is 4. The summed E-state index contributed by atoms with van der Waals surface area (Å²) >= 11 is 0. The van der Waals surface area contributed by atoms with E-state index < -0.39 is 25.2 Å². The number of nitro groups is 1. The average molecular weight is 515 g/mol. The molecular formula is C20H13N5O8S2. The Labute approximate surface area is 196 Å². The van der Waals surface area contributed by atoms with Gasteiger partial charge in [0.15, 0.2) is 0 Å². The van der Waals surface area contributed by atoms with Gasteiger partial charge in [-0.1, -0.05) is 6.07 Å². The molecule has 13 nitrogen and oxygen atoms in total. The van der Waals surface area contributed by atoms with E-state index in [1.807, 2.05) is 0 Å². The van der Waals surface area contributed by atoms with Crippen LogP contribution in [0.15, 0.2) is 64.4 Å². The highest BCUT2D eigenvalue weighted by Gasteiger charge is 2.22. The lowest BCUT2D eigenvalue weighted by atomic mass is 10.1. The van der Waals surface area contributed by atoms with Crippen molar-refractivity contribution >= 4 is 48.0 Å². The van der Waals surface area contributed by atoms with Gasteiger partial charge < -0.3 is 9.97 Å². The Morgan fingerprint density at radius 3 is 1.77 bits per heavy atom. The predicted octanol–water partition coefficient (Wildman–Crippen LogP) is 3.17. The summed E-state index contributed by atoms with van der Waals surface area (Å²) in [5, 5.41) is 11.8. The van der Waals surface area contributed by atoms with Crippen molar-refractivity contribution in [2.75, 3.05) is 0 Å². The Hall–Kier alpha value is -4.18. The van der Waals surface area contributed by atoms with Crippen LogP contribution in [0, 0.1) is 10.1 Å². The number of H-pyrrole nitrogens is 2. The maximum absolute atomic E-state index is 11.8. The van der Waals surface area contributed by atoms with E-state index in [4.69, 9.17) is 0 Å². The quantitative estimate of drug-likeness (QED) is 0.152. The van der Waals surface area contributed by atoms with E-state index in [1.165, 1.54) is 36.4 Å². The Kier molecular flexibility index (Phi) is 4.95. The average Bonchev–Trinajstić information content (AvgIpc) is 3.40. The van der Waals surface area contributed by atoms with Crippen LogP contribution in [-0.4, -0.2) is 50.8 Å². The monoisotopic (exact) mass is 515 g/mol. The second-order valence-electron chi connectivity index (χ2n) is 7.47. The lowest BCUT2D eigenvalue weighted by Gasteiger charge is -2.02. The van der Waals surface area contributed by atoms with Gasteiger partial charge in [0.05, 0.1) is 42.3 Å². The minimum atomic E-state index is -4.44. The standard InChI is InChI=1S/C20H13N5O8S2/c26-25(27)18-7-10(19-21-14-5-2-11(34(28,29)30)8-16(14)23-19)1-4-13(18)20-22-15-6-3-12(35(31,32)33)9-17(15)24-20/h1-9H,(H,21,23)(H,22,24)(H,28,29,30)(H,31,32,33). The normalized spacial score (nSPS) is 12.4. The number of rotatable bonds is 5. The lowest BCUT2D eigenvalue weighted by molar-refractivity contribution is -0.384. The van der Waals surface area contributed by atoms with E-state index >= 15 is 0 Å². The lowest BCUT2D eigenvalue weighted by Crippen LogP contribution is -1.97. The Bertz CT molecular complexity index is 1890. The van der Waals surface area contributed by atoms with Crippen LogP contribution in [0.2, 0.25) is 0 Å². The first-order valence-electron chi connectivity index (χ1n) is 9.64. The highest BCUT2D eigenvalue weighted by Crippen LogP contribution is 2.34. The summed E-state index contributed by atoms with van der Waals surface area (Å²) in [6.07, 6.45) is 0. The molecule has 5 rings (SSSR count). The van der Waals surface area contributed by atoms with Crippen LogP contribution < -0.4 is 0 Å². The Morgan fingerprint density at radius 1 is 0.743 bits per heavy atom. The SMILES string of the molecule is O=[N+]([O-])c1cc(-c2nc3ccc(S(=O)(=O)O)cc3[nH]2)ccc1-c1nc2ccc(S(=O)(=O)O)cc2[nH]1. The van der Waals surface area contributed by atoms with Crippen LogP contribution in [0.25, 0.3) is 44.8 Å². The third-order valence-corrected chi connectivity index (χ3v) is 6.92. The van der Waals surface area contributed by atoms with Gasteiger partial charge in [-0.15, -0.1) is 0 Å². The summed E-state index contributed by atoms with van der Waals surface area (Å²) in [5.41, 5.74) is 1.39. The molecule has 0 amide bonds. The van der Waals surface area contributed by atoms with Crippen molar-refractivity contribution in [1.82, 2.24) is 19.9 Å². The molecule has 0 atom stereocenters. The number of nitro benzene ring substituents is 1. The van der Waals surface area contributed by atoms with E-state index in [-0.39, 0.29) is 38.2 Å². The summed E-state index contributed by atoms with van der Waals surface area (Å²) in [4.78, 5) is 24.8. The first-order chi connectivity index (χ1) is 16.4. The molecule has 0 bridgehead atoms. The number of nitrogens with one attached hydrogen (secondary N) is 2. The van der Waals surface area contributed by atoms with Gasteiger partial charge in [0.1, 0.15) is 11.6 Å². The van der Waals surface area contributed by atoms with Crippen LogP contribution in [0.4, 0.5) is 5.69 Å². The third kappa shape index (κ3) is 4.12. The van der Waals surface area contributed by atoms with Crippen molar-refractivity contribution in [2.45, 2.75) is 9.79 Å². The number of nitrogens with zero attached hydrogens (tertiary/aromatic N) is 3. The number of imidazole rings is 2. The molecule has 0 spiro atoms. The molecule has 35 heavy (non-hydrogen) atoms. The second kappa shape index (κ2) is 7.67. The highest BCUT2D eigenvalue weighted by molar-refractivity contribution is 7.86. The van der Waals surface area contributed by atoms with Crippen molar-refractivity contribution in [3.63, 3.8) is 0 Å². The van der Waals surface area contributed by atoms with E-state index in [1.54, 1.807) is 6.07 Å². The number of aromatic amines is 2. The van der Waals surface area contributed by atoms with Gasteiger partial charge in [0.25, 0.3) is 25.9 Å². The van der Waals surface area contributed by atoms with Gasteiger partial charge in [-0.25, -0.2) is 9.97 Å². The van der Waals surface area contributed by atoms with Gasteiger partial charge in [0.2, 0.25) is 0 Å². The van der Waals surface area contributed by atoms with Gasteiger partial charge in [-0.2, -0.15) is 16.8 Å². The molecule has 2 aromatic heterocycles. The van der Waals surface area contributed by atoms with Crippen molar-refractivity contribution in [2.24, 2.45) is 0 Å². The molecule has 4 N–H and O–H groups in total. The zero-order valence-corrected chi connectivity index (χ0v) is 18.8. The number of fused-ring (bicyclic) bond motifs is 2. The van der Waals surface area contributed by atoms with Gasteiger partial charge in [-0.05, 0) is 42.5 Å². The van der Waals surface area contributed by atoms with Gasteiger partial charge in [-0.3, -0.25) is 19.2 Å². The van der Waals surface area contributed by atoms with Crippen molar-refractivity contribution in [1.29, 1.82) is 0 Å². The largest absolute Gasteiger partial charge is 0.338 e. The molecule has 178 valence electrons. The van der Waals surface area contributed by atoms with Gasteiger partial charge >= 0.3 is 0 Å². The molecule has 0 aliphatic rings. The second-order valence-corrected chi connectivity index (χ2v) is 10.3. The third-order valence-electron chi connectivity index (χ3n) is 5.23. The van der Waals surface area contributed by atoms with Crippen molar-refractivity contribution in [3.8, 4) is 22.8 Å². The smallest absolute Gasteiger partial charge is 0.294 e. The van der Waals surface area contributed by atoms with E-state index in [0.717, 1.165) is 12.1 Å². The van der Waals surface area contributed by atoms with Crippen LogP contribution >= 0.6 is 0 Å². The number of aromatic nitrogens is 4. The minimum absolute atomic E-state index is 0.105. The first-order valence-corrected chi connectivity index (χ1v) is 12.5. The summed E-state index contributed by atoms with van der Waals surface area (Å²) in [5.74, 6) is 0.331. The number of benzene rings is 3. The van der Waals surface area contributed by atoms with Gasteiger partial charge in [0, 0.05) is 11.6 Å². The molecular weight excluding hydrogens is 502 g/mol. The molecule has 0 aliphatic heterocycles. The minimum Gasteiger partial charge on any atom is -0.338 e. The molecule has 3 aromatic carbocycles. The fraction of sp³-hybridized carbons (Fsp3) is 0. The highest BCUT2D eigenvalue weighted by atomic mass is 32.2. The van der Waals surface area contributed by atoms with Crippen LogP contribution in [0.5, 0.6) is 0 Å². The zero-order valence-electron chi connectivity index (χ0n) is 17.2.